The van der Waals surface area contributed by atoms with Gasteiger partial charge in [0.2, 0.25) is 5.91 Å². The minimum absolute atomic E-state index is 0.228. The summed E-state index contributed by atoms with van der Waals surface area (Å²) in [4.78, 5) is 24.2. The van der Waals surface area contributed by atoms with E-state index in [1.54, 1.807) is 6.08 Å². The highest BCUT2D eigenvalue weighted by atomic mass is 16.4. The Bertz CT molecular complexity index is 519. The average Bonchev–Trinajstić information content (AvgIpc) is 2.78. The van der Waals surface area contributed by atoms with Gasteiger partial charge in [-0.15, -0.1) is 0 Å². The minimum atomic E-state index is -0.956. The van der Waals surface area contributed by atoms with Crippen LogP contribution in [-0.4, -0.2) is 28.4 Å². The van der Waals surface area contributed by atoms with Crippen LogP contribution in [0.25, 0.3) is 6.08 Å². The lowest BCUT2D eigenvalue weighted by Crippen LogP contribution is -2.24. The highest BCUT2D eigenvalue weighted by molar-refractivity contribution is 5.85. The zero-order valence-electron chi connectivity index (χ0n) is 11.6. The Morgan fingerprint density at radius 1 is 1.40 bits per heavy atom. The Morgan fingerprint density at radius 3 is 2.65 bits per heavy atom. The molecule has 1 aliphatic heterocycles. The summed E-state index contributed by atoms with van der Waals surface area (Å²) in [7, 11) is 0. The topological polar surface area (TPSA) is 57.6 Å². The summed E-state index contributed by atoms with van der Waals surface area (Å²) >= 11 is 0. The number of amides is 1. The summed E-state index contributed by atoms with van der Waals surface area (Å²) in [5.41, 5.74) is 1.91. The van der Waals surface area contributed by atoms with Crippen LogP contribution in [0.3, 0.4) is 0 Å². The number of carbonyl (C=O) groups is 2. The molecule has 4 nitrogen and oxygen atoms in total. The highest BCUT2D eigenvalue weighted by Crippen LogP contribution is 2.22. The van der Waals surface area contributed by atoms with E-state index in [9.17, 15) is 9.59 Å². The maximum Gasteiger partial charge on any atom is 0.328 e. The molecule has 0 aromatic heterocycles. The van der Waals surface area contributed by atoms with E-state index in [4.69, 9.17) is 5.11 Å². The molecule has 106 valence electrons. The number of carboxylic acids is 1. The van der Waals surface area contributed by atoms with Gasteiger partial charge in [0.05, 0.1) is 0 Å². The van der Waals surface area contributed by atoms with Crippen molar-refractivity contribution in [1.82, 2.24) is 4.90 Å². The normalized spacial score (nSPS) is 18.9. The van der Waals surface area contributed by atoms with E-state index in [0.29, 0.717) is 18.9 Å². The number of benzene rings is 1. The monoisotopic (exact) mass is 273 g/mol. The average molecular weight is 273 g/mol. The third-order valence-electron chi connectivity index (χ3n) is 3.64. The van der Waals surface area contributed by atoms with Crippen molar-refractivity contribution in [2.75, 3.05) is 6.54 Å². The zero-order chi connectivity index (χ0) is 14.5. The van der Waals surface area contributed by atoms with Crippen LogP contribution in [-0.2, 0) is 16.1 Å². The second-order valence-electron chi connectivity index (χ2n) is 5.17. The van der Waals surface area contributed by atoms with Crippen molar-refractivity contribution in [3.8, 4) is 0 Å². The van der Waals surface area contributed by atoms with Gasteiger partial charge in [-0.1, -0.05) is 37.6 Å². The first-order valence-electron chi connectivity index (χ1n) is 6.86. The molecule has 0 radical (unpaired) electrons. The van der Waals surface area contributed by atoms with Crippen LogP contribution in [0.2, 0.25) is 0 Å². The minimum Gasteiger partial charge on any atom is -0.478 e. The predicted octanol–water partition coefficient (Wildman–Crippen LogP) is 2.54. The second kappa shape index (κ2) is 6.37. The molecule has 20 heavy (non-hydrogen) atoms. The van der Waals surface area contributed by atoms with E-state index in [-0.39, 0.29) is 5.91 Å². The lowest BCUT2D eigenvalue weighted by atomic mass is 10.1. The summed E-state index contributed by atoms with van der Waals surface area (Å²) in [5.74, 6) is -0.241. The molecule has 1 amide bonds. The van der Waals surface area contributed by atoms with E-state index in [1.165, 1.54) is 0 Å². The molecule has 1 fully saturated rings. The third kappa shape index (κ3) is 3.70. The number of carbonyl (C=O) groups excluding carboxylic acids is 1. The predicted molar refractivity (Wildman–Crippen MR) is 76.9 cm³/mol. The van der Waals surface area contributed by atoms with E-state index in [2.05, 4.69) is 6.92 Å². The van der Waals surface area contributed by atoms with Gasteiger partial charge in [0.25, 0.3) is 0 Å². The van der Waals surface area contributed by atoms with Gasteiger partial charge in [0, 0.05) is 25.6 Å². The maximum atomic E-state index is 11.8. The molecular formula is C16H19NO3. The van der Waals surface area contributed by atoms with Crippen LogP contribution in [0.5, 0.6) is 0 Å². The van der Waals surface area contributed by atoms with Gasteiger partial charge in [-0.25, -0.2) is 4.79 Å². The van der Waals surface area contributed by atoms with Crippen LogP contribution in [0.1, 0.15) is 30.9 Å². The summed E-state index contributed by atoms with van der Waals surface area (Å²) in [6.45, 7) is 3.60. The molecule has 1 heterocycles. The zero-order valence-corrected chi connectivity index (χ0v) is 11.6. The first-order valence-corrected chi connectivity index (χ1v) is 6.86. The number of carboxylic acid groups (broad SMARTS) is 1. The molecule has 1 saturated heterocycles. The molecule has 2 rings (SSSR count). The molecule has 4 heteroatoms. The molecule has 1 aliphatic rings. The molecule has 0 bridgehead atoms. The van der Waals surface area contributed by atoms with Crippen LogP contribution in [0, 0.1) is 5.92 Å². The number of likely N-dealkylation sites (tertiary alicyclic amines) is 1. The first-order chi connectivity index (χ1) is 9.58. The van der Waals surface area contributed by atoms with Gasteiger partial charge in [-0.05, 0) is 23.1 Å². The fourth-order valence-electron chi connectivity index (χ4n) is 2.40. The van der Waals surface area contributed by atoms with Crippen LogP contribution < -0.4 is 0 Å². The van der Waals surface area contributed by atoms with Gasteiger partial charge in [-0.2, -0.15) is 0 Å². The van der Waals surface area contributed by atoms with Crippen molar-refractivity contribution >= 4 is 18.0 Å². The molecular weight excluding hydrogens is 254 g/mol. The second-order valence-corrected chi connectivity index (χ2v) is 5.17. The number of rotatable bonds is 5. The number of nitrogens with zero attached hydrogens (tertiary/aromatic N) is 1. The van der Waals surface area contributed by atoms with Gasteiger partial charge in [0.1, 0.15) is 0 Å². The quantitative estimate of drug-likeness (QED) is 0.839. The maximum absolute atomic E-state index is 11.8. The molecule has 1 N–H and O–H groups in total. The number of hydrogen-bond acceptors (Lipinski definition) is 2. The van der Waals surface area contributed by atoms with E-state index in [0.717, 1.165) is 30.2 Å². The Hall–Kier alpha value is -2.10. The van der Waals surface area contributed by atoms with Crippen molar-refractivity contribution in [3.05, 3.63) is 41.5 Å². The van der Waals surface area contributed by atoms with E-state index in [1.807, 2.05) is 29.2 Å². The largest absolute Gasteiger partial charge is 0.478 e. The Kier molecular flexibility index (Phi) is 4.56. The SMILES string of the molecule is CCC1CC(=O)N(Cc2ccc(/C=C/C(=O)O)cc2)C1. The van der Waals surface area contributed by atoms with Crippen LogP contribution in [0.4, 0.5) is 0 Å². The summed E-state index contributed by atoms with van der Waals surface area (Å²) in [5, 5.41) is 8.57. The summed E-state index contributed by atoms with van der Waals surface area (Å²) < 4.78 is 0. The number of hydrogen-bond donors (Lipinski definition) is 1. The van der Waals surface area contributed by atoms with Gasteiger partial charge in [-0.3, -0.25) is 4.79 Å². The lowest BCUT2D eigenvalue weighted by molar-refractivity contribution is -0.131. The van der Waals surface area contributed by atoms with Gasteiger partial charge >= 0.3 is 5.97 Å². The summed E-state index contributed by atoms with van der Waals surface area (Å²) in [6, 6.07) is 7.61. The molecule has 1 aromatic rings. The van der Waals surface area contributed by atoms with Gasteiger partial charge < -0.3 is 10.0 Å². The molecule has 0 aliphatic carbocycles. The van der Waals surface area contributed by atoms with Crippen molar-refractivity contribution in [1.29, 1.82) is 0 Å². The fourth-order valence-corrected chi connectivity index (χ4v) is 2.40. The molecule has 0 saturated carbocycles. The third-order valence-corrected chi connectivity index (χ3v) is 3.64. The van der Waals surface area contributed by atoms with Crippen molar-refractivity contribution in [2.24, 2.45) is 5.92 Å². The molecule has 1 unspecified atom stereocenters. The van der Waals surface area contributed by atoms with Crippen molar-refractivity contribution < 1.29 is 14.7 Å². The molecule has 1 aromatic carbocycles. The van der Waals surface area contributed by atoms with Crippen LogP contribution in [0.15, 0.2) is 30.3 Å². The first kappa shape index (κ1) is 14.3. The lowest BCUT2D eigenvalue weighted by Gasteiger charge is -2.16. The number of aliphatic carboxylic acids is 1. The van der Waals surface area contributed by atoms with E-state index >= 15 is 0 Å². The van der Waals surface area contributed by atoms with E-state index < -0.39 is 5.97 Å². The highest BCUT2D eigenvalue weighted by Gasteiger charge is 2.27. The standard InChI is InChI=1S/C16H19NO3/c1-2-12-9-15(18)17(10-12)11-14-5-3-13(4-6-14)7-8-16(19)20/h3-8,12H,2,9-11H2,1H3,(H,19,20)/b8-7+. The van der Waals surface area contributed by atoms with Crippen molar-refractivity contribution in [2.45, 2.75) is 26.3 Å². The Morgan fingerprint density at radius 2 is 2.10 bits per heavy atom. The van der Waals surface area contributed by atoms with Crippen molar-refractivity contribution in [3.63, 3.8) is 0 Å². The Balaban J connectivity index is 1.97. The molecule has 0 spiro atoms. The smallest absolute Gasteiger partial charge is 0.328 e. The molecule has 1 atom stereocenters. The van der Waals surface area contributed by atoms with Crippen LogP contribution >= 0.6 is 0 Å². The van der Waals surface area contributed by atoms with Gasteiger partial charge in [0.15, 0.2) is 0 Å². The summed E-state index contributed by atoms with van der Waals surface area (Å²) in [6.07, 6.45) is 4.38. The fraction of sp³-hybridized carbons (Fsp3) is 0.375. The Labute approximate surface area is 118 Å².